The Morgan fingerprint density at radius 1 is 1.31 bits per heavy atom. The molecule has 3 aromatic rings. The molecule has 1 aliphatic rings. The van der Waals surface area contributed by atoms with Gasteiger partial charge in [0, 0.05) is 19.0 Å². The number of rotatable bonds is 6. The first-order chi connectivity index (χ1) is 15.4. The first-order valence-corrected chi connectivity index (χ1v) is 10.2. The lowest BCUT2D eigenvalue weighted by atomic mass is 10.1. The lowest BCUT2D eigenvalue weighted by molar-refractivity contribution is -0.115. The Kier molecular flexibility index (Phi) is 5.79. The Morgan fingerprint density at radius 3 is 2.84 bits per heavy atom. The number of amides is 1. The molecule has 0 spiro atoms. The Hall–Kier alpha value is -3.90. The van der Waals surface area contributed by atoms with E-state index in [2.05, 4.69) is 21.8 Å². The summed E-state index contributed by atoms with van der Waals surface area (Å²) in [5.41, 5.74) is 2.57. The van der Waals surface area contributed by atoms with E-state index in [4.69, 9.17) is 21.1 Å². The van der Waals surface area contributed by atoms with Gasteiger partial charge in [-0.1, -0.05) is 18.5 Å². The smallest absolute Gasteiger partial charge is 0.231 e. The van der Waals surface area contributed by atoms with Gasteiger partial charge >= 0.3 is 0 Å². The summed E-state index contributed by atoms with van der Waals surface area (Å²) in [6.07, 6.45) is 0.263. The van der Waals surface area contributed by atoms with Gasteiger partial charge in [0.15, 0.2) is 17.2 Å². The van der Waals surface area contributed by atoms with E-state index in [0.717, 1.165) is 0 Å². The van der Waals surface area contributed by atoms with Gasteiger partial charge in [0.2, 0.25) is 12.7 Å². The highest BCUT2D eigenvalue weighted by Crippen LogP contribution is 2.36. The van der Waals surface area contributed by atoms with E-state index in [0.29, 0.717) is 39.8 Å². The lowest BCUT2D eigenvalue weighted by Gasteiger charge is -2.14. The highest BCUT2D eigenvalue weighted by Gasteiger charge is 2.20. The molecule has 1 aromatic heterocycles. The van der Waals surface area contributed by atoms with Crippen molar-refractivity contribution in [3.63, 3.8) is 0 Å². The lowest BCUT2D eigenvalue weighted by Crippen LogP contribution is -2.11. The van der Waals surface area contributed by atoms with Crippen LogP contribution in [0.2, 0.25) is 5.02 Å². The average Bonchev–Trinajstić information content (AvgIpc) is 3.38. The van der Waals surface area contributed by atoms with Crippen molar-refractivity contribution >= 4 is 29.0 Å². The molecule has 0 saturated heterocycles. The van der Waals surface area contributed by atoms with Crippen LogP contribution in [0.1, 0.15) is 30.2 Å². The average molecular weight is 454 g/mol. The zero-order chi connectivity index (χ0) is 22.8. The van der Waals surface area contributed by atoms with Crippen molar-refractivity contribution in [2.45, 2.75) is 26.8 Å². The largest absolute Gasteiger partial charge is 0.504 e. The molecule has 0 bridgehead atoms. The third-order valence-corrected chi connectivity index (χ3v) is 5.24. The second-order valence-electron chi connectivity index (χ2n) is 7.10. The molecule has 2 aromatic carbocycles. The second kappa shape index (κ2) is 8.69. The van der Waals surface area contributed by atoms with Gasteiger partial charge in [0.25, 0.3) is 0 Å². The number of aromatic hydroxyl groups is 1. The molecule has 0 unspecified atom stereocenters. The predicted molar refractivity (Wildman–Crippen MR) is 119 cm³/mol. The normalized spacial score (nSPS) is 11.8. The van der Waals surface area contributed by atoms with Gasteiger partial charge < -0.3 is 25.2 Å². The summed E-state index contributed by atoms with van der Waals surface area (Å²) in [5, 5.41) is 30.3. The molecule has 0 aliphatic carbocycles. The second-order valence-corrected chi connectivity index (χ2v) is 7.51. The molecule has 0 radical (unpaired) electrons. The van der Waals surface area contributed by atoms with Crippen LogP contribution in [-0.4, -0.2) is 27.6 Å². The van der Waals surface area contributed by atoms with Gasteiger partial charge in [-0.15, -0.1) is 0 Å². The van der Waals surface area contributed by atoms with Crippen LogP contribution in [0.3, 0.4) is 0 Å². The number of nitriles is 1. The molecular weight excluding hydrogens is 434 g/mol. The third kappa shape index (κ3) is 4.00. The van der Waals surface area contributed by atoms with Gasteiger partial charge in [-0.3, -0.25) is 4.79 Å². The van der Waals surface area contributed by atoms with Crippen molar-refractivity contribution in [3.8, 4) is 29.0 Å². The fourth-order valence-electron chi connectivity index (χ4n) is 3.31. The highest BCUT2D eigenvalue weighted by atomic mass is 35.5. The number of halogens is 1. The summed E-state index contributed by atoms with van der Waals surface area (Å²) in [6, 6.07) is 10.8. The van der Waals surface area contributed by atoms with Crippen molar-refractivity contribution in [1.82, 2.24) is 9.78 Å². The van der Waals surface area contributed by atoms with E-state index in [-0.39, 0.29) is 42.1 Å². The SMILES string of the molecule is CCC(=O)Nc1cc(CNc2c(C#N)c(C)nn2-c2ccc3c(c2)OCO3)cc(Cl)c1O. The van der Waals surface area contributed by atoms with E-state index >= 15 is 0 Å². The maximum Gasteiger partial charge on any atom is 0.231 e. The van der Waals surface area contributed by atoms with Crippen LogP contribution < -0.4 is 20.1 Å². The number of carbonyl (C=O) groups is 1. The third-order valence-electron chi connectivity index (χ3n) is 4.95. The molecule has 3 N–H and O–H groups in total. The number of benzene rings is 2. The summed E-state index contributed by atoms with van der Waals surface area (Å²) in [6.45, 7) is 3.88. The van der Waals surface area contributed by atoms with Crippen LogP contribution in [0, 0.1) is 18.3 Å². The van der Waals surface area contributed by atoms with E-state index in [1.54, 1.807) is 42.8 Å². The number of aromatic nitrogens is 2. The molecule has 9 nitrogen and oxygen atoms in total. The number of ether oxygens (including phenoxy) is 2. The molecule has 4 rings (SSSR count). The Bertz CT molecular complexity index is 1250. The molecule has 164 valence electrons. The maximum atomic E-state index is 11.8. The molecule has 2 heterocycles. The number of anilines is 2. The van der Waals surface area contributed by atoms with Crippen molar-refractivity contribution in [1.29, 1.82) is 5.26 Å². The number of phenolic OH excluding ortho intramolecular Hbond substituents is 1. The van der Waals surface area contributed by atoms with Crippen LogP contribution >= 0.6 is 11.6 Å². The highest BCUT2D eigenvalue weighted by molar-refractivity contribution is 6.32. The zero-order valence-electron chi connectivity index (χ0n) is 17.4. The minimum absolute atomic E-state index is 0.108. The summed E-state index contributed by atoms with van der Waals surface area (Å²) in [5.74, 6) is 1.29. The first-order valence-electron chi connectivity index (χ1n) is 9.86. The van der Waals surface area contributed by atoms with Crippen LogP contribution in [0.15, 0.2) is 30.3 Å². The summed E-state index contributed by atoms with van der Waals surface area (Å²) in [7, 11) is 0. The quantitative estimate of drug-likeness (QED) is 0.480. The monoisotopic (exact) mass is 453 g/mol. The summed E-state index contributed by atoms with van der Waals surface area (Å²) in [4.78, 5) is 11.8. The minimum atomic E-state index is -0.246. The molecule has 0 atom stereocenters. The number of fused-ring (bicyclic) bond motifs is 1. The standard InChI is InChI=1S/C22H20ClN5O4/c1-3-20(29)26-17-7-13(6-16(23)21(17)30)10-25-22-15(9-24)12(2)27-28(22)14-4-5-18-19(8-14)32-11-31-18/h4-8,25,30H,3,10-11H2,1-2H3,(H,26,29). The van der Waals surface area contributed by atoms with Gasteiger partial charge in [-0.05, 0) is 36.8 Å². The Balaban J connectivity index is 1.66. The van der Waals surface area contributed by atoms with Gasteiger partial charge in [0.1, 0.15) is 17.5 Å². The number of hydrogen-bond acceptors (Lipinski definition) is 7. The number of nitrogens with one attached hydrogen (secondary N) is 2. The van der Waals surface area contributed by atoms with Crippen LogP contribution in [0.5, 0.6) is 17.2 Å². The Labute approximate surface area is 189 Å². The molecular formula is C22H20ClN5O4. The fraction of sp³-hybridized carbons (Fsp3) is 0.227. The molecule has 10 heteroatoms. The zero-order valence-corrected chi connectivity index (χ0v) is 18.2. The summed E-state index contributed by atoms with van der Waals surface area (Å²) < 4.78 is 12.4. The number of carbonyl (C=O) groups excluding carboxylic acids is 1. The van der Waals surface area contributed by atoms with Crippen LogP contribution in [0.25, 0.3) is 5.69 Å². The van der Waals surface area contributed by atoms with Crippen molar-refractivity contribution in [2.24, 2.45) is 0 Å². The van der Waals surface area contributed by atoms with Crippen molar-refractivity contribution in [2.75, 3.05) is 17.4 Å². The minimum Gasteiger partial charge on any atom is -0.504 e. The molecule has 1 aliphatic heterocycles. The number of hydrogen-bond donors (Lipinski definition) is 3. The molecule has 0 fully saturated rings. The number of phenols is 1. The summed E-state index contributed by atoms with van der Waals surface area (Å²) >= 11 is 6.15. The van der Waals surface area contributed by atoms with Gasteiger partial charge in [0.05, 0.1) is 22.1 Å². The van der Waals surface area contributed by atoms with E-state index < -0.39 is 0 Å². The number of aryl methyl sites for hydroxylation is 1. The molecule has 0 saturated carbocycles. The predicted octanol–water partition coefficient (Wildman–Crippen LogP) is 4.10. The van der Waals surface area contributed by atoms with Crippen LogP contribution in [-0.2, 0) is 11.3 Å². The van der Waals surface area contributed by atoms with Crippen molar-refractivity contribution in [3.05, 3.63) is 52.2 Å². The Morgan fingerprint density at radius 2 is 2.09 bits per heavy atom. The van der Waals surface area contributed by atoms with E-state index in [1.165, 1.54) is 0 Å². The first kappa shape index (κ1) is 21.3. The fourth-order valence-corrected chi connectivity index (χ4v) is 3.55. The maximum absolute atomic E-state index is 11.8. The van der Waals surface area contributed by atoms with Crippen molar-refractivity contribution < 1.29 is 19.4 Å². The van der Waals surface area contributed by atoms with Crippen LogP contribution in [0.4, 0.5) is 11.5 Å². The molecule has 1 amide bonds. The van der Waals surface area contributed by atoms with Gasteiger partial charge in [-0.25, -0.2) is 4.68 Å². The number of nitrogens with zero attached hydrogens (tertiary/aromatic N) is 3. The van der Waals surface area contributed by atoms with Gasteiger partial charge in [-0.2, -0.15) is 10.4 Å². The van der Waals surface area contributed by atoms with E-state index in [1.807, 2.05) is 6.07 Å². The van der Waals surface area contributed by atoms with E-state index in [9.17, 15) is 15.2 Å². The molecule has 32 heavy (non-hydrogen) atoms. The topological polar surface area (TPSA) is 121 Å².